The van der Waals surface area contributed by atoms with Gasteiger partial charge in [0.05, 0.1) is 19.1 Å². The molecule has 0 unspecified atom stereocenters. The summed E-state index contributed by atoms with van der Waals surface area (Å²) in [5.41, 5.74) is -0.0631. The molecule has 0 bridgehead atoms. The Hall–Kier alpha value is -2.84. The lowest BCUT2D eigenvalue weighted by Gasteiger charge is -2.28. The molecule has 2 heterocycles. The molecule has 0 spiro atoms. The van der Waals surface area contributed by atoms with Gasteiger partial charge in [-0.25, -0.2) is 0 Å². The lowest BCUT2D eigenvalue weighted by atomic mass is 9.91. The van der Waals surface area contributed by atoms with E-state index in [0.29, 0.717) is 31.9 Å². The lowest BCUT2D eigenvalue weighted by molar-refractivity contribution is -0.135. The summed E-state index contributed by atoms with van der Waals surface area (Å²) in [6.07, 6.45) is -0.0314. The Bertz CT molecular complexity index is 886. The largest absolute Gasteiger partial charge is 0.508 e. The first-order chi connectivity index (χ1) is 13.5. The highest BCUT2D eigenvalue weighted by atomic mass is 16.5. The number of methoxy groups -OCH3 is 1. The fraction of sp³-hybridized carbons (Fsp3) is 0.400. The summed E-state index contributed by atoms with van der Waals surface area (Å²) in [7, 11) is 1.46. The topological polar surface area (TPSA) is 109 Å². The smallest absolute Gasteiger partial charge is 0.227 e. The molecule has 150 valence electrons. The fourth-order valence-electron chi connectivity index (χ4n) is 3.22. The van der Waals surface area contributed by atoms with Crippen LogP contribution < -0.4 is 5.43 Å². The number of ether oxygens (including phenoxy) is 2. The van der Waals surface area contributed by atoms with Crippen molar-refractivity contribution in [3.05, 3.63) is 57.6 Å². The van der Waals surface area contributed by atoms with Crippen LogP contribution >= 0.6 is 0 Å². The highest BCUT2D eigenvalue weighted by Gasteiger charge is 2.29. The standard InChI is InChI=1S/C20H23NO7/c1-26-12-15-10-17(23)19(25)20(28-15)16(13-3-2-4-14(22)9-13)11-18(24)21-5-7-27-8-6-21/h2-4,9-10,16,22,25H,5-8,11-12H2,1H3/t16-/m1/s1. The molecule has 28 heavy (non-hydrogen) atoms. The van der Waals surface area contributed by atoms with Crippen LogP contribution in [0.4, 0.5) is 0 Å². The first kappa shape index (κ1) is 19.9. The third-order valence-corrected chi connectivity index (χ3v) is 4.62. The first-order valence-electron chi connectivity index (χ1n) is 8.99. The first-order valence-corrected chi connectivity index (χ1v) is 8.99. The summed E-state index contributed by atoms with van der Waals surface area (Å²) < 4.78 is 16.0. The van der Waals surface area contributed by atoms with E-state index < -0.39 is 17.1 Å². The third kappa shape index (κ3) is 4.52. The Morgan fingerprint density at radius 3 is 2.68 bits per heavy atom. The molecular formula is C20H23NO7. The van der Waals surface area contributed by atoms with E-state index in [9.17, 15) is 19.8 Å². The van der Waals surface area contributed by atoms with Crippen molar-refractivity contribution in [1.82, 2.24) is 4.90 Å². The molecule has 8 nitrogen and oxygen atoms in total. The number of aromatic hydroxyl groups is 2. The van der Waals surface area contributed by atoms with Gasteiger partial charge in [-0.2, -0.15) is 0 Å². The Kier molecular flexibility index (Phi) is 6.33. The molecule has 2 N–H and O–H groups in total. The van der Waals surface area contributed by atoms with Crippen LogP contribution in [0.2, 0.25) is 0 Å². The molecule has 1 amide bonds. The lowest BCUT2D eigenvalue weighted by Crippen LogP contribution is -2.41. The van der Waals surface area contributed by atoms with Gasteiger partial charge in [0.15, 0.2) is 5.76 Å². The summed E-state index contributed by atoms with van der Waals surface area (Å²) >= 11 is 0. The average molecular weight is 389 g/mol. The zero-order valence-electron chi connectivity index (χ0n) is 15.6. The highest BCUT2D eigenvalue weighted by molar-refractivity contribution is 5.78. The van der Waals surface area contributed by atoms with Crippen molar-refractivity contribution in [2.24, 2.45) is 0 Å². The molecule has 1 aromatic heterocycles. The third-order valence-electron chi connectivity index (χ3n) is 4.62. The summed E-state index contributed by atoms with van der Waals surface area (Å²) in [5, 5.41) is 20.2. The van der Waals surface area contributed by atoms with E-state index >= 15 is 0 Å². The predicted octanol–water partition coefficient (Wildman–Crippen LogP) is 1.58. The van der Waals surface area contributed by atoms with Gasteiger partial charge in [-0.15, -0.1) is 0 Å². The predicted molar refractivity (Wildman–Crippen MR) is 99.3 cm³/mol. The van der Waals surface area contributed by atoms with Crippen molar-refractivity contribution in [1.29, 1.82) is 0 Å². The van der Waals surface area contributed by atoms with Crippen molar-refractivity contribution >= 4 is 5.91 Å². The molecule has 1 fully saturated rings. The Balaban J connectivity index is 2.01. The minimum absolute atomic E-state index is 0.0104. The van der Waals surface area contributed by atoms with Crippen molar-refractivity contribution in [3.63, 3.8) is 0 Å². The summed E-state index contributed by atoms with van der Waals surface area (Å²) in [6.45, 7) is 1.93. The molecule has 0 saturated carbocycles. The van der Waals surface area contributed by atoms with Crippen LogP contribution in [-0.4, -0.2) is 54.4 Å². The van der Waals surface area contributed by atoms with Crippen LogP contribution in [-0.2, 0) is 20.9 Å². The van der Waals surface area contributed by atoms with Gasteiger partial charge < -0.3 is 29.0 Å². The van der Waals surface area contributed by atoms with E-state index in [1.54, 1.807) is 17.0 Å². The van der Waals surface area contributed by atoms with E-state index in [2.05, 4.69) is 0 Å². The van der Waals surface area contributed by atoms with Gasteiger partial charge in [-0.3, -0.25) is 9.59 Å². The van der Waals surface area contributed by atoms with Gasteiger partial charge in [0.2, 0.25) is 17.1 Å². The van der Waals surface area contributed by atoms with Gasteiger partial charge in [0, 0.05) is 32.7 Å². The summed E-state index contributed by atoms with van der Waals surface area (Å²) in [5.74, 6) is -1.22. The molecule has 8 heteroatoms. The second-order valence-corrected chi connectivity index (χ2v) is 6.57. The van der Waals surface area contributed by atoms with Crippen molar-refractivity contribution in [2.75, 3.05) is 33.4 Å². The van der Waals surface area contributed by atoms with Crippen LogP contribution in [0.3, 0.4) is 0 Å². The molecule has 1 atom stereocenters. The van der Waals surface area contributed by atoms with Crippen molar-refractivity contribution in [3.8, 4) is 11.5 Å². The van der Waals surface area contributed by atoms with E-state index in [-0.39, 0.29) is 36.2 Å². The molecule has 1 saturated heterocycles. The number of benzene rings is 1. The number of rotatable bonds is 6. The van der Waals surface area contributed by atoms with Gasteiger partial charge >= 0.3 is 0 Å². The summed E-state index contributed by atoms with van der Waals surface area (Å²) in [6, 6.07) is 7.48. The number of phenolic OH excluding ortho intramolecular Hbond substituents is 1. The van der Waals surface area contributed by atoms with Crippen molar-refractivity contribution in [2.45, 2.75) is 18.9 Å². The van der Waals surface area contributed by atoms with Crippen LogP contribution in [0, 0.1) is 0 Å². The van der Waals surface area contributed by atoms with Crippen LogP contribution in [0.5, 0.6) is 11.5 Å². The average Bonchev–Trinajstić information content (AvgIpc) is 2.69. The van der Waals surface area contributed by atoms with E-state index in [1.807, 2.05) is 0 Å². The number of amides is 1. The quantitative estimate of drug-likeness (QED) is 0.772. The van der Waals surface area contributed by atoms with E-state index in [4.69, 9.17) is 13.9 Å². The molecule has 0 aliphatic carbocycles. The molecule has 1 aliphatic rings. The maximum absolute atomic E-state index is 12.8. The minimum atomic E-state index is -0.744. The van der Waals surface area contributed by atoms with E-state index in [0.717, 1.165) is 6.07 Å². The molecular weight excluding hydrogens is 366 g/mol. The molecule has 1 aliphatic heterocycles. The number of carbonyl (C=O) groups excluding carboxylic acids is 1. The van der Waals surface area contributed by atoms with Crippen LogP contribution in [0.25, 0.3) is 0 Å². The Labute approximate surface area is 161 Å². The number of nitrogens with zero attached hydrogens (tertiary/aromatic N) is 1. The molecule has 1 aromatic carbocycles. The minimum Gasteiger partial charge on any atom is -0.508 e. The number of carbonyl (C=O) groups is 1. The molecule has 3 rings (SSSR count). The molecule has 2 aromatic rings. The second kappa shape index (κ2) is 8.90. The maximum atomic E-state index is 12.8. The Morgan fingerprint density at radius 2 is 2.00 bits per heavy atom. The number of morpholine rings is 1. The number of phenols is 1. The summed E-state index contributed by atoms with van der Waals surface area (Å²) in [4.78, 5) is 26.7. The Morgan fingerprint density at radius 1 is 1.25 bits per heavy atom. The van der Waals surface area contributed by atoms with Gasteiger partial charge in [0.1, 0.15) is 18.1 Å². The normalized spacial score (nSPS) is 15.4. The maximum Gasteiger partial charge on any atom is 0.227 e. The van der Waals surface area contributed by atoms with Gasteiger partial charge in [-0.05, 0) is 17.7 Å². The zero-order chi connectivity index (χ0) is 20.1. The second-order valence-electron chi connectivity index (χ2n) is 6.57. The van der Waals surface area contributed by atoms with Gasteiger partial charge in [-0.1, -0.05) is 12.1 Å². The number of hydrogen-bond donors (Lipinski definition) is 2. The highest BCUT2D eigenvalue weighted by Crippen LogP contribution is 2.35. The van der Waals surface area contributed by atoms with Crippen LogP contribution in [0.15, 0.2) is 39.5 Å². The van der Waals surface area contributed by atoms with Gasteiger partial charge in [0.25, 0.3) is 0 Å². The molecule has 0 radical (unpaired) electrons. The van der Waals surface area contributed by atoms with Crippen molar-refractivity contribution < 1.29 is 28.9 Å². The monoisotopic (exact) mass is 389 g/mol. The van der Waals surface area contributed by atoms with E-state index in [1.165, 1.54) is 19.2 Å². The number of hydrogen-bond acceptors (Lipinski definition) is 7. The SMILES string of the molecule is COCc1cc(=O)c(O)c([C@H](CC(=O)N2CCOCC2)c2cccc(O)c2)o1. The van der Waals surface area contributed by atoms with Crippen LogP contribution in [0.1, 0.15) is 29.4 Å². The fourth-order valence-corrected chi connectivity index (χ4v) is 3.22. The zero-order valence-corrected chi connectivity index (χ0v) is 15.6.